The lowest BCUT2D eigenvalue weighted by Crippen LogP contribution is -2.54. The Labute approximate surface area is 325 Å². The summed E-state index contributed by atoms with van der Waals surface area (Å²) in [6, 6.07) is 2.61. The Kier molecular flexibility index (Phi) is 19.0. The van der Waals surface area contributed by atoms with E-state index < -0.39 is 53.9 Å². The van der Waals surface area contributed by atoms with E-state index in [1.807, 2.05) is 0 Å². The Morgan fingerprint density at radius 1 is 0.857 bits per heavy atom. The van der Waals surface area contributed by atoms with Crippen molar-refractivity contribution in [2.45, 2.75) is 90.4 Å². The number of benzene rings is 1. The molecule has 0 bridgehead atoms. The Bertz CT molecular complexity index is 1600. The molecule has 1 aliphatic heterocycles. The maximum Gasteiger partial charge on any atom is 0.409 e. The number of primary amides is 1. The fraction of sp³-hybridized carbons (Fsp3) is 0.541. The maximum atomic E-state index is 13.4. The van der Waals surface area contributed by atoms with Crippen LogP contribution in [0.15, 0.2) is 36.4 Å². The van der Waals surface area contributed by atoms with Crippen molar-refractivity contribution in [3.63, 3.8) is 0 Å². The van der Waals surface area contributed by atoms with Crippen molar-refractivity contribution in [3.05, 3.63) is 42.0 Å². The summed E-state index contributed by atoms with van der Waals surface area (Å²) in [6.07, 6.45) is 3.72. The molecule has 0 aromatic heterocycles. The van der Waals surface area contributed by atoms with Crippen LogP contribution in [0.2, 0.25) is 0 Å². The van der Waals surface area contributed by atoms with E-state index in [1.165, 1.54) is 38.1 Å². The molecule has 0 aliphatic carbocycles. The molecule has 1 heterocycles. The predicted octanol–water partition coefficient (Wildman–Crippen LogP) is 1.07. The molecule has 0 unspecified atom stereocenters. The number of carbonyl (C=O) groups excluding carboxylic acids is 8. The molecule has 2 rings (SSSR count). The number of nitrogens with zero attached hydrogens (tertiary/aromatic N) is 3. The number of hydrogen-bond acceptors (Lipinski definition) is 10. The Balaban J connectivity index is 1.93. The van der Waals surface area contributed by atoms with Crippen molar-refractivity contribution in [3.8, 4) is 0 Å². The van der Waals surface area contributed by atoms with Gasteiger partial charge in [0.05, 0.1) is 0 Å². The smallest absolute Gasteiger partial charge is 0.409 e. The Morgan fingerprint density at radius 2 is 1.50 bits per heavy atom. The largest absolute Gasteiger partial charge is 0.480 e. The van der Waals surface area contributed by atoms with E-state index in [4.69, 9.17) is 15.6 Å². The summed E-state index contributed by atoms with van der Waals surface area (Å²) in [6.45, 7) is 5.16. The average Bonchev–Trinajstić information content (AvgIpc) is 3.47. The van der Waals surface area contributed by atoms with Gasteiger partial charge >= 0.3 is 18.1 Å². The van der Waals surface area contributed by atoms with E-state index >= 15 is 0 Å². The molecule has 0 saturated carbocycles. The third-order valence-electron chi connectivity index (χ3n) is 8.94. The lowest BCUT2D eigenvalue weighted by Gasteiger charge is -2.25. The molecule has 3 atom stereocenters. The summed E-state index contributed by atoms with van der Waals surface area (Å²) in [5, 5.41) is 19.7. The number of unbranched alkanes of at least 4 members (excludes halogenated alkanes) is 2. The minimum absolute atomic E-state index is 0.00695. The van der Waals surface area contributed by atoms with Gasteiger partial charge in [-0.3, -0.25) is 33.7 Å². The van der Waals surface area contributed by atoms with E-state index in [9.17, 15) is 43.2 Å². The van der Waals surface area contributed by atoms with Crippen LogP contribution in [0, 0.1) is 5.92 Å². The maximum absolute atomic E-state index is 13.4. The third-order valence-corrected chi connectivity index (χ3v) is 8.94. The van der Waals surface area contributed by atoms with Crippen molar-refractivity contribution in [2.24, 2.45) is 11.7 Å². The van der Waals surface area contributed by atoms with Gasteiger partial charge in [0.25, 0.3) is 11.8 Å². The van der Waals surface area contributed by atoms with Gasteiger partial charge in [-0.25, -0.2) is 14.4 Å². The first-order valence-corrected chi connectivity index (χ1v) is 18.3. The van der Waals surface area contributed by atoms with Crippen LogP contribution < -0.4 is 27.0 Å². The van der Waals surface area contributed by atoms with Crippen LogP contribution in [0.4, 0.5) is 15.3 Å². The summed E-state index contributed by atoms with van der Waals surface area (Å²) >= 11 is 0. The van der Waals surface area contributed by atoms with Crippen LogP contribution in [-0.2, 0) is 44.9 Å². The summed E-state index contributed by atoms with van der Waals surface area (Å²) in [5.41, 5.74) is 6.11. The lowest BCUT2D eigenvalue weighted by molar-refractivity contribution is -0.148. The molecule has 56 heavy (non-hydrogen) atoms. The molecule has 0 spiro atoms. The zero-order valence-electron chi connectivity index (χ0n) is 32.5. The number of aliphatic carboxylic acids is 1. The summed E-state index contributed by atoms with van der Waals surface area (Å²) in [7, 11) is 2.81. The van der Waals surface area contributed by atoms with Crippen molar-refractivity contribution < 1.29 is 53.0 Å². The van der Waals surface area contributed by atoms with Crippen LogP contribution in [0.5, 0.6) is 0 Å². The molecule has 308 valence electrons. The summed E-state index contributed by atoms with van der Waals surface area (Å²) in [5.74, 6) is -4.16. The molecule has 1 aliphatic rings. The highest BCUT2D eigenvalue weighted by Crippen LogP contribution is 2.14. The van der Waals surface area contributed by atoms with Gasteiger partial charge in [-0.1, -0.05) is 32.4 Å². The molecule has 9 amide bonds. The molecule has 19 nitrogen and oxygen atoms in total. The zero-order chi connectivity index (χ0) is 41.9. The number of imide groups is 1. The van der Waals surface area contributed by atoms with Crippen LogP contribution in [0.1, 0.15) is 71.3 Å². The van der Waals surface area contributed by atoms with Crippen molar-refractivity contribution in [1.29, 1.82) is 0 Å². The summed E-state index contributed by atoms with van der Waals surface area (Å²) < 4.78 is 5.31. The number of likely N-dealkylation sites (N-methyl/N-ethyl adjacent to an activating group) is 1. The molecule has 1 aromatic carbocycles. The first kappa shape index (κ1) is 46.1. The normalized spacial score (nSPS) is 13.7. The highest BCUT2D eigenvalue weighted by atomic mass is 16.6. The second kappa shape index (κ2) is 23.0. The van der Waals surface area contributed by atoms with Crippen LogP contribution in [-0.4, -0.2) is 125 Å². The van der Waals surface area contributed by atoms with Gasteiger partial charge in [-0.15, -0.1) is 0 Å². The van der Waals surface area contributed by atoms with Crippen LogP contribution in [0.3, 0.4) is 0 Å². The standard InChI is InChI=1S/C37H54N8O11/c1-23(2)32(42-28(46)11-7-6-8-20-45-30(48)16-17-31(45)49)34(51)41-27(10-9-19-39-36(38)54)33(50)40-26-14-12-25(13-15-26)22-56-37(55)43(4)21-18-29(47)44(5)24(3)35(52)53/h12-17,23-24,27,32H,6-11,18-22H2,1-5H3,(H,40,50)(H,41,51)(H,42,46)(H,52,53)(H3,38,39,54)/t24-,27-,32-/m0/s1. The molecule has 0 fully saturated rings. The van der Waals surface area contributed by atoms with Crippen LogP contribution >= 0.6 is 0 Å². The van der Waals surface area contributed by atoms with E-state index in [0.29, 0.717) is 30.5 Å². The van der Waals surface area contributed by atoms with Crippen molar-refractivity contribution in [1.82, 2.24) is 30.7 Å². The number of ether oxygens (including phenoxy) is 1. The number of carbonyl (C=O) groups is 9. The van der Waals surface area contributed by atoms with E-state index in [2.05, 4.69) is 21.3 Å². The number of carboxylic acids is 1. The fourth-order valence-corrected chi connectivity index (χ4v) is 5.29. The quantitative estimate of drug-likeness (QED) is 0.0675. The molecule has 1 aromatic rings. The summed E-state index contributed by atoms with van der Waals surface area (Å²) in [4.78, 5) is 113. The Hall–Kier alpha value is -6.01. The number of hydrogen-bond donors (Lipinski definition) is 6. The van der Waals surface area contributed by atoms with Gasteiger partial charge in [-0.05, 0) is 56.2 Å². The number of nitrogens with one attached hydrogen (secondary N) is 4. The van der Waals surface area contributed by atoms with Crippen molar-refractivity contribution in [2.75, 3.05) is 39.0 Å². The molecular formula is C37H54N8O11. The number of nitrogens with two attached hydrogens (primary N) is 1. The second-order valence-corrected chi connectivity index (χ2v) is 13.7. The minimum atomic E-state index is -1.15. The number of anilines is 1. The molecular weight excluding hydrogens is 732 g/mol. The van der Waals surface area contributed by atoms with E-state index in [-0.39, 0.29) is 75.6 Å². The lowest BCUT2D eigenvalue weighted by atomic mass is 10.0. The average molecular weight is 787 g/mol. The highest BCUT2D eigenvalue weighted by Gasteiger charge is 2.29. The van der Waals surface area contributed by atoms with Crippen LogP contribution in [0.25, 0.3) is 0 Å². The fourth-order valence-electron chi connectivity index (χ4n) is 5.29. The minimum Gasteiger partial charge on any atom is -0.480 e. The molecule has 0 radical (unpaired) electrons. The molecule has 7 N–H and O–H groups in total. The highest BCUT2D eigenvalue weighted by molar-refractivity contribution is 6.12. The van der Waals surface area contributed by atoms with E-state index in [0.717, 1.165) is 9.80 Å². The second-order valence-electron chi connectivity index (χ2n) is 13.7. The van der Waals surface area contributed by atoms with Gasteiger partial charge in [0, 0.05) is 64.4 Å². The van der Waals surface area contributed by atoms with Gasteiger partial charge in [-0.2, -0.15) is 0 Å². The van der Waals surface area contributed by atoms with Gasteiger partial charge in [0.2, 0.25) is 23.6 Å². The van der Waals surface area contributed by atoms with Gasteiger partial charge in [0.1, 0.15) is 24.7 Å². The Morgan fingerprint density at radius 3 is 2.09 bits per heavy atom. The molecule has 0 saturated heterocycles. The number of urea groups is 1. The zero-order valence-corrected chi connectivity index (χ0v) is 32.5. The van der Waals surface area contributed by atoms with Gasteiger partial charge in [0.15, 0.2) is 0 Å². The van der Waals surface area contributed by atoms with E-state index in [1.54, 1.807) is 38.1 Å². The number of rotatable bonds is 23. The topological polar surface area (TPSA) is 267 Å². The van der Waals surface area contributed by atoms with Crippen molar-refractivity contribution >= 4 is 59.2 Å². The molecule has 19 heteroatoms. The third kappa shape index (κ3) is 15.8. The first-order valence-electron chi connectivity index (χ1n) is 18.3. The number of carboxylic acid groups (broad SMARTS) is 1. The monoisotopic (exact) mass is 786 g/mol. The number of amides is 9. The predicted molar refractivity (Wildman–Crippen MR) is 202 cm³/mol. The van der Waals surface area contributed by atoms with Gasteiger partial charge < -0.3 is 46.6 Å². The first-order chi connectivity index (χ1) is 26.4. The SMILES string of the molecule is CC(C)[C@H](NC(=O)CCCCCN1C(=O)C=CC1=O)C(=O)N[C@@H](CCCNC(N)=O)C(=O)Nc1ccc(COC(=O)N(C)CCC(=O)N(C)[C@@H](C)C(=O)O)cc1.